The largest absolute Gasteiger partial charge is 0.361 e. The van der Waals surface area contributed by atoms with Crippen molar-refractivity contribution in [2.75, 3.05) is 7.05 Å². The summed E-state index contributed by atoms with van der Waals surface area (Å²) in [5, 5.41) is 6.99. The molecule has 3 rings (SSSR count). The van der Waals surface area contributed by atoms with Gasteiger partial charge in [0.15, 0.2) is 0 Å². The number of urea groups is 1. The van der Waals surface area contributed by atoms with Crippen molar-refractivity contribution in [3.05, 3.63) is 52.2 Å². The Kier molecular flexibility index (Phi) is 4.79. The summed E-state index contributed by atoms with van der Waals surface area (Å²) in [6.07, 6.45) is 1.57. The molecule has 0 radical (unpaired) electrons. The number of nitrogens with one attached hydrogen (secondary N) is 1. The molecule has 134 valence electrons. The number of nitrogens with zero attached hydrogens (tertiary/aromatic N) is 2. The molecule has 0 saturated carbocycles. The first-order valence-corrected chi connectivity index (χ1v) is 8.59. The molecule has 1 heterocycles. The van der Waals surface area contributed by atoms with E-state index < -0.39 is 0 Å². The zero-order valence-electron chi connectivity index (χ0n) is 15.1. The van der Waals surface area contributed by atoms with Gasteiger partial charge in [-0.2, -0.15) is 0 Å². The standard InChI is InChI=1S/C19H24FN3O2/c1-11-8-9-14-15(6-5-7-17(14)20)18(11)21-19(24)23(4)10-16-12(2)22-25-13(16)3/h5-7,11,18H,8-10H2,1-4H3,(H,21,24)/t11-,18-/m1/s1. The molecule has 0 spiro atoms. The monoisotopic (exact) mass is 345 g/mol. The maximum atomic E-state index is 14.1. The van der Waals surface area contributed by atoms with E-state index in [1.807, 2.05) is 19.9 Å². The van der Waals surface area contributed by atoms with Crippen molar-refractivity contribution < 1.29 is 13.7 Å². The molecule has 0 aliphatic heterocycles. The van der Waals surface area contributed by atoms with Crippen molar-refractivity contribution in [1.82, 2.24) is 15.4 Å². The Hall–Kier alpha value is -2.37. The first-order valence-electron chi connectivity index (χ1n) is 8.59. The van der Waals surface area contributed by atoms with Crippen LogP contribution in [0.15, 0.2) is 22.7 Å². The summed E-state index contributed by atoms with van der Waals surface area (Å²) < 4.78 is 19.2. The Morgan fingerprint density at radius 1 is 1.44 bits per heavy atom. The Labute approximate surface area is 147 Å². The minimum Gasteiger partial charge on any atom is -0.361 e. The van der Waals surface area contributed by atoms with Gasteiger partial charge in [0.25, 0.3) is 0 Å². The fraction of sp³-hybridized carbons (Fsp3) is 0.474. The zero-order valence-corrected chi connectivity index (χ0v) is 15.1. The van der Waals surface area contributed by atoms with Crippen molar-refractivity contribution in [2.45, 2.75) is 46.2 Å². The lowest BCUT2D eigenvalue weighted by atomic mass is 9.80. The fourth-order valence-corrected chi connectivity index (χ4v) is 3.48. The van der Waals surface area contributed by atoms with Crippen molar-refractivity contribution in [3.8, 4) is 0 Å². The predicted octanol–water partition coefficient (Wildman–Crippen LogP) is 3.90. The van der Waals surface area contributed by atoms with Crippen LogP contribution in [0.4, 0.5) is 9.18 Å². The highest BCUT2D eigenvalue weighted by Crippen LogP contribution is 2.35. The van der Waals surface area contributed by atoms with Crippen LogP contribution in [0, 0.1) is 25.6 Å². The van der Waals surface area contributed by atoms with Crippen LogP contribution in [0.2, 0.25) is 0 Å². The predicted molar refractivity (Wildman–Crippen MR) is 92.6 cm³/mol. The third-order valence-corrected chi connectivity index (χ3v) is 5.11. The molecular weight excluding hydrogens is 321 g/mol. The number of carbonyl (C=O) groups excluding carboxylic acids is 1. The number of hydrogen-bond acceptors (Lipinski definition) is 3. The van der Waals surface area contributed by atoms with Crippen LogP contribution in [0.3, 0.4) is 0 Å². The molecule has 25 heavy (non-hydrogen) atoms. The Balaban J connectivity index is 1.75. The number of rotatable bonds is 3. The van der Waals surface area contributed by atoms with Gasteiger partial charge in [-0.1, -0.05) is 24.2 Å². The molecule has 0 bridgehead atoms. The molecule has 2 atom stereocenters. The first kappa shape index (κ1) is 17.5. The van der Waals surface area contributed by atoms with Gasteiger partial charge in [-0.15, -0.1) is 0 Å². The summed E-state index contributed by atoms with van der Waals surface area (Å²) in [6, 6.07) is 4.73. The number of carbonyl (C=O) groups is 1. The molecular formula is C19H24FN3O2. The molecule has 0 saturated heterocycles. The molecule has 1 aromatic carbocycles. The van der Waals surface area contributed by atoms with Gasteiger partial charge in [0.05, 0.1) is 18.3 Å². The van der Waals surface area contributed by atoms with Gasteiger partial charge in [0, 0.05) is 12.6 Å². The second-order valence-electron chi connectivity index (χ2n) is 6.91. The van der Waals surface area contributed by atoms with Crippen LogP contribution in [-0.2, 0) is 13.0 Å². The topological polar surface area (TPSA) is 58.4 Å². The average Bonchev–Trinajstić information content (AvgIpc) is 2.89. The van der Waals surface area contributed by atoms with Crippen LogP contribution in [0.25, 0.3) is 0 Å². The summed E-state index contributed by atoms with van der Waals surface area (Å²) >= 11 is 0. The van der Waals surface area contributed by atoms with Gasteiger partial charge in [-0.05, 0) is 49.8 Å². The number of hydrogen-bond donors (Lipinski definition) is 1. The Morgan fingerprint density at radius 3 is 2.88 bits per heavy atom. The highest BCUT2D eigenvalue weighted by Gasteiger charge is 2.30. The highest BCUT2D eigenvalue weighted by atomic mass is 19.1. The summed E-state index contributed by atoms with van der Waals surface area (Å²) in [7, 11) is 1.74. The van der Waals surface area contributed by atoms with Gasteiger partial charge < -0.3 is 14.7 Å². The van der Waals surface area contributed by atoms with Gasteiger partial charge in [0.2, 0.25) is 0 Å². The van der Waals surface area contributed by atoms with Crippen molar-refractivity contribution in [1.29, 1.82) is 0 Å². The van der Waals surface area contributed by atoms with E-state index in [0.717, 1.165) is 34.6 Å². The summed E-state index contributed by atoms with van der Waals surface area (Å²) in [4.78, 5) is 14.3. The summed E-state index contributed by atoms with van der Waals surface area (Å²) in [5.41, 5.74) is 3.31. The lowest BCUT2D eigenvalue weighted by Crippen LogP contribution is -2.42. The maximum Gasteiger partial charge on any atom is 0.317 e. The SMILES string of the molecule is Cc1noc(C)c1CN(C)C(=O)N[C@H]1c2cccc(F)c2CC[C@H]1C. The Morgan fingerprint density at radius 2 is 2.20 bits per heavy atom. The number of fused-ring (bicyclic) bond motifs is 1. The van der Waals surface area contributed by atoms with E-state index in [-0.39, 0.29) is 23.8 Å². The number of amides is 2. The van der Waals surface area contributed by atoms with Crippen LogP contribution >= 0.6 is 0 Å². The van der Waals surface area contributed by atoms with Gasteiger partial charge in [0.1, 0.15) is 11.6 Å². The zero-order chi connectivity index (χ0) is 18.1. The van der Waals surface area contributed by atoms with E-state index in [1.165, 1.54) is 6.07 Å². The molecule has 2 aromatic rings. The molecule has 1 N–H and O–H groups in total. The van der Waals surface area contributed by atoms with Crippen LogP contribution in [0.5, 0.6) is 0 Å². The smallest absolute Gasteiger partial charge is 0.317 e. The van der Waals surface area contributed by atoms with Crippen LogP contribution in [0.1, 0.15) is 47.5 Å². The normalized spacial score (nSPS) is 19.4. The Bertz CT molecular complexity index is 767. The second-order valence-corrected chi connectivity index (χ2v) is 6.91. The van der Waals surface area contributed by atoms with E-state index in [0.29, 0.717) is 13.0 Å². The van der Waals surface area contributed by atoms with E-state index in [1.54, 1.807) is 18.0 Å². The lowest BCUT2D eigenvalue weighted by molar-refractivity contribution is 0.195. The molecule has 1 aliphatic rings. The highest BCUT2D eigenvalue weighted by molar-refractivity contribution is 5.74. The van der Waals surface area contributed by atoms with E-state index in [9.17, 15) is 9.18 Å². The van der Waals surface area contributed by atoms with Gasteiger partial charge in [-0.3, -0.25) is 0 Å². The summed E-state index contributed by atoms with van der Waals surface area (Å²) in [6.45, 7) is 6.21. The van der Waals surface area contributed by atoms with E-state index in [2.05, 4.69) is 17.4 Å². The fourth-order valence-electron chi connectivity index (χ4n) is 3.48. The maximum absolute atomic E-state index is 14.1. The third kappa shape index (κ3) is 3.38. The average molecular weight is 345 g/mol. The number of aromatic nitrogens is 1. The van der Waals surface area contributed by atoms with E-state index in [4.69, 9.17) is 4.52 Å². The van der Waals surface area contributed by atoms with E-state index >= 15 is 0 Å². The first-order chi connectivity index (χ1) is 11.9. The molecule has 1 aliphatic carbocycles. The quantitative estimate of drug-likeness (QED) is 0.918. The minimum absolute atomic E-state index is 0.181. The lowest BCUT2D eigenvalue weighted by Gasteiger charge is -2.33. The van der Waals surface area contributed by atoms with Crippen LogP contribution < -0.4 is 5.32 Å². The van der Waals surface area contributed by atoms with Crippen molar-refractivity contribution in [3.63, 3.8) is 0 Å². The molecule has 0 unspecified atom stereocenters. The molecule has 6 heteroatoms. The third-order valence-electron chi connectivity index (χ3n) is 5.11. The molecule has 0 fully saturated rings. The molecule has 2 amide bonds. The minimum atomic E-state index is -0.187. The van der Waals surface area contributed by atoms with Gasteiger partial charge >= 0.3 is 6.03 Å². The number of aryl methyl sites for hydroxylation is 2. The number of halogens is 1. The van der Waals surface area contributed by atoms with Crippen molar-refractivity contribution >= 4 is 6.03 Å². The van der Waals surface area contributed by atoms with Crippen molar-refractivity contribution in [2.24, 2.45) is 5.92 Å². The van der Waals surface area contributed by atoms with Gasteiger partial charge in [-0.25, -0.2) is 9.18 Å². The summed E-state index contributed by atoms with van der Waals surface area (Å²) in [5.74, 6) is 0.786. The second kappa shape index (κ2) is 6.86. The number of benzene rings is 1. The molecule has 5 nitrogen and oxygen atoms in total. The molecule has 1 aromatic heterocycles. The van der Waals surface area contributed by atoms with Crippen LogP contribution in [-0.4, -0.2) is 23.1 Å².